The second-order valence-electron chi connectivity index (χ2n) is 5.28. The van der Waals surface area contributed by atoms with E-state index in [1.807, 2.05) is 24.3 Å². The van der Waals surface area contributed by atoms with Crippen molar-refractivity contribution in [1.82, 2.24) is 5.32 Å². The van der Waals surface area contributed by atoms with Gasteiger partial charge >= 0.3 is 0 Å². The molecular formula is C16H25NO2. The summed E-state index contributed by atoms with van der Waals surface area (Å²) >= 11 is 0. The molecule has 3 nitrogen and oxygen atoms in total. The first-order valence-corrected chi connectivity index (χ1v) is 7.45. The maximum absolute atomic E-state index is 10.5. The van der Waals surface area contributed by atoms with Crippen LogP contribution in [-0.4, -0.2) is 24.3 Å². The van der Waals surface area contributed by atoms with Gasteiger partial charge in [-0.3, -0.25) is 0 Å². The summed E-state index contributed by atoms with van der Waals surface area (Å²) in [5, 5.41) is 14.0. The quantitative estimate of drug-likeness (QED) is 0.858. The average Bonchev–Trinajstić information content (AvgIpc) is 2.73. The normalized spacial score (nSPS) is 21.7. The predicted molar refractivity (Wildman–Crippen MR) is 77.4 cm³/mol. The minimum atomic E-state index is -0.441. The first kappa shape index (κ1) is 14.4. The lowest BCUT2D eigenvalue weighted by atomic mass is 9.98. The van der Waals surface area contributed by atoms with E-state index in [1.165, 1.54) is 19.3 Å². The largest absolute Gasteiger partial charge is 0.494 e. The molecule has 2 unspecified atom stereocenters. The Labute approximate surface area is 116 Å². The maximum atomic E-state index is 10.5. The Bertz CT molecular complexity index is 373. The van der Waals surface area contributed by atoms with E-state index in [9.17, 15) is 5.11 Å². The van der Waals surface area contributed by atoms with Gasteiger partial charge in [0.25, 0.3) is 0 Å². The third-order valence-corrected chi connectivity index (χ3v) is 3.65. The number of ether oxygens (including phenoxy) is 1. The molecule has 0 amide bonds. The number of hydrogen-bond acceptors (Lipinski definition) is 3. The molecule has 1 aromatic carbocycles. The smallest absolute Gasteiger partial charge is 0.119 e. The van der Waals surface area contributed by atoms with Crippen LogP contribution in [0.15, 0.2) is 24.3 Å². The van der Waals surface area contributed by atoms with Crippen molar-refractivity contribution in [1.29, 1.82) is 0 Å². The second-order valence-corrected chi connectivity index (χ2v) is 5.28. The fraction of sp³-hybridized carbons (Fsp3) is 0.625. The number of benzene rings is 1. The monoisotopic (exact) mass is 263 g/mol. The fourth-order valence-electron chi connectivity index (χ4n) is 2.57. The van der Waals surface area contributed by atoms with E-state index in [0.717, 1.165) is 37.3 Å². The molecule has 2 rings (SSSR count). The third-order valence-electron chi connectivity index (χ3n) is 3.65. The van der Waals surface area contributed by atoms with E-state index in [1.54, 1.807) is 0 Å². The zero-order chi connectivity index (χ0) is 13.5. The minimum absolute atomic E-state index is 0.170. The lowest BCUT2D eigenvalue weighted by molar-refractivity contribution is 0.126. The van der Waals surface area contributed by atoms with Crippen LogP contribution in [0.5, 0.6) is 5.75 Å². The van der Waals surface area contributed by atoms with Gasteiger partial charge in [0.05, 0.1) is 12.7 Å². The number of aliphatic hydroxyl groups excluding tert-OH is 1. The lowest BCUT2D eigenvalue weighted by Crippen LogP contribution is -2.34. The summed E-state index contributed by atoms with van der Waals surface area (Å²) in [7, 11) is 0. The summed E-state index contributed by atoms with van der Waals surface area (Å²) in [6.45, 7) is 3.82. The molecule has 0 bridgehead atoms. The van der Waals surface area contributed by atoms with Crippen LogP contribution in [0.25, 0.3) is 0 Å². The highest BCUT2D eigenvalue weighted by Gasteiger charge is 2.21. The topological polar surface area (TPSA) is 41.5 Å². The highest BCUT2D eigenvalue weighted by Crippen LogP contribution is 2.25. The van der Waals surface area contributed by atoms with Gasteiger partial charge in [-0.2, -0.15) is 0 Å². The number of nitrogens with one attached hydrogen (secondary N) is 1. The molecule has 1 aliphatic rings. The van der Waals surface area contributed by atoms with E-state index in [2.05, 4.69) is 12.2 Å². The molecule has 2 atom stereocenters. The van der Waals surface area contributed by atoms with Crippen molar-refractivity contribution in [3.8, 4) is 5.75 Å². The van der Waals surface area contributed by atoms with Crippen LogP contribution in [0.2, 0.25) is 0 Å². The zero-order valence-electron chi connectivity index (χ0n) is 11.8. The van der Waals surface area contributed by atoms with Crippen LogP contribution in [-0.2, 0) is 0 Å². The van der Waals surface area contributed by atoms with Crippen molar-refractivity contribution in [2.45, 2.75) is 51.2 Å². The van der Waals surface area contributed by atoms with Crippen molar-refractivity contribution >= 4 is 0 Å². The molecule has 19 heavy (non-hydrogen) atoms. The molecule has 1 saturated heterocycles. The highest BCUT2D eigenvalue weighted by molar-refractivity contribution is 5.30. The Morgan fingerprint density at radius 1 is 1.37 bits per heavy atom. The van der Waals surface area contributed by atoms with E-state index in [4.69, 9.17) is 4.74 Å². The minimum Gasteiger partial charge on any atom is -0.494 e. The molecule has 0 aromatic heterocycles. The maximum Gasteiger partial charge on any atom is 0.119 e. The summed E-state index contributed by atoms with van der Waals surface area (Å²) in [5.41, 5.74) is 0.952. The van der Waals surface area contributed by atoms with Crippen LogP contribution in [0, 0.1) is 0 Å². The van der Waals surface area contributed by atoms with Crippen LogP contribution in [0.4, 0.5) is 0 Å². The first-order valence-electron chi connectivity index (χ1n) is 7.45. The zero-order valence-corrected chi connectivity index (χ0v) is 11.8. The van der Waals surface area contributed by atoms with Gasteiger partial charge in [-0.15, -0.1) is 0 Å². The first-order chi connectivity index (χ1) is 9.31. The summed E-state index contributed by atoms with van der Waals surface area (Å²) < 4.78 is 5.63. The molecule has 0 aliphatic carbocycles. The van der Waals surface area contributed by atoms with E-state index < -0.39 is 6.10 Å². The van der Waals surface area contributed by atoms with Crippen molar-refractivity contribution < 1.29 is 9.84 Å². The van der Waals surface area contributed by atoms with Crippen LogP contribution in [0.1, 0.15) is 50.7 Å². The molecule has 1 aliphatic heterocycles. The van der Waals surface area contributed by atoms with Crippen molar-refractivity contribution in [3.05, 3.63) is 29.8 Å². The molecule has 3 heteroatoms. The number of hydrogen-bond donors (Lipinski definition) is 2. The van der Waals surface area contributed by atoms with Crippen molar-refractivity contribution in [2.75, 3.05) is 13.2 Å². The summed E-state index contributed by atoms with van der Waals surface area (Å²) in [4.78, 5) is 0. The van der Waals surface area contributed by atoms with E-state index in [0.29, 0.717) is 0 Å². The van der Waals surface area contributed by atoms with Gasteiger partial charge in [0, 0.05) is 6.04 Å². The van der Waals surface area contributed by atoms with Crippen LogP contribution in [0.3, 0.4) is 0 Å². The summed E-state index contributed by atoms with van der Waals surface area (Å²) in [6.07, 6.45) is 5.26. The van der Waals surface area contributed by atoms with Crippen LogP contribution < -0.4 is 10.1 Å². The summed E-state index contributed by atoms with van der Waals surface area (Å²) in [6, 6.07) is 8.03. The molecule has 0 saturated carbocycles. The van der Waals surface area contributed by atoms with Gasteiger partial charge in [0.1, 0.15) is 5.75 Å². The predicted octanol–water partition coefficient (Wildman–Crippen LogP) is 3.04. The Kier molecular flexibility index (Phi) is 5.67. The van der Waals surface area contributed by atoms with Gasteiger partial charge in [0.15, 0.2) is 0 Å². The average molecular weight is 263 g/mol. The molecule has 1 heterocycles. The molecule has 1 aromatic rings. The lowest BCUT2D eigenvalue weighted by Gasteiger charge is -2.23. The molecule has 1 fully saturated rings. The van der Waals surface area contributed by atoms with E-state index >= 15 is 0 Å². The van der Waals surface area contributed by atoms with E-state index in [-0.39, 0.29) is 6.04 Å². The molecule has 2 N–H and O–H groups in total. The Morgan fingerprint density at radius 2 is 2.26 bits per heavy atom. The molecule has 0 spiro atoms. The van der Waals surface area contributed by atoms with Crippen molar-refractivity contribution in [3.63, 3.8) is 0 Å². The summed E-state index contributed by atoms with van der Waals surface area (Å²) in [5.74, 6) is 0.854. The molecular weight excluding hydrogens is 238 g/mol. The SMILES string of the molecule is CCCOc1cccc(C(O)C2CCCCCN2)c1. The van der Waals surface area contributed by atoms with Gasteiger partial charge in [-0.25, -0.2) is 0 Å². The molecule has 106 valence electrons. The number of aliphatic hydroxyl groups is 1. The van der Waals surface area contributed by atoms with Gasteiger partial charge in [0.2, 0.25) is 0 Å². The number of rotatable bonds is 5. The highest BCUT2D eigenvalue weighted by atomic mass is 16.5. The standard InChI is InChI=1S/C16H25NO2/c1-2-11-19-14-8-6-7-13(12-14)16(18)15-9-4-3-5-10-17-15/h6-8,12,15-18H,2-5,9-11H2,1H3. The van der Waals surface area contributed by atoms with Gasteiger partial charge in [-0.1, -0.05) is 31.9 Å². The van der Waals surface area contributed by atoms with Gasteiger partial charge in [-0.05, 0) is 43.5 Å². The van der Waals surface area contributed by atoms with Crippen LogP contribution >= 0.6 is 0 Å². The second kappa shape index (κ2) is 7.51. The Hall–Kier alpha value is -1.06. The Balaban J connectivity index is 2.02. The molecule has 0 radical (unpaired) electrons. The van der Waals surface area contributed by atoms with Crippen molar-refractivity contribution in [2.24, 2.45) is 0 Å². The third kappa shape index (κ3) is 4.22. The Morgan fingerprint density at radius 3 is 3.11 bits per heavy atom. The fourth-order valence-corrected chi connectivity index (χ4v) is 2.57. The van der Waals surface area contributed by atoms with Gasteiger partial charge < -0.3 is 15.2 Å².